The molecular formula is C14H22BNO3S. The summed E-state index contributed by atoms with van der Waals surface area (Å²) in [5, 5.41) is 1.19. The van der Waals surface area contributed by atoms with Gasteiger partial charge in [-0.2, -0.15) is 0 Å². The molecule has 20 heavy (non-hydrogen) atoms. The van der Waals surface area contributed by atoms with Crippen molar-refractivity contribution in [2.24, 2.45) is 0 Å². The van der Waals surface area contributed by atoms with Crippen LogP contribution in [0.2, 0.25) is 0 Å². The molecule has 0 saturated carbocycles. The molecule has 110 valence electrons. The second-order valence-electron chi connectivity index (χ2n) is 6.58. The first kappa shape index (κ1) is 14.5. The molecule has 0 bridgehead atoms. The fraction of sp³-hybridized carbons (Fsp3) is 0.786. The van der Waals surface area contributed by atoms with Crippen LogP contribution >= 0.6 is 11.3 Å². The average Bonchev–Trinajstić information content (AvgIpc) is 2.94. The zero-order valence-electron chi connectivity index (χ0n) is 12.6. The summed E-state index contributed by atoms with van der Waals surface area (Å²) in [5.41, 5.74) is -0.582. The molecule has 0 spiro atoms. The normalized spacial score (nSPS) is 26.1. The van der Waals surface area contributed by atoms with E-state index in [9.17, 15) is 0 Å². The number of aromatic nitrogens is 1. The van der Waals surface area contributed by atoms with Gasteiger partial charge in [0.15, 0.2) is 0 Å². The lowest BCUT2D eigenvalue weighted by atomic mass is 9.89. The van der Waals surface area contributed by atoms with Crippen molar-refractivity contribution in [2.75, 3.05) is 13.2 Å². The summed E-state index contributed by atoms with van der Waals surface area (Å²) in [4.78, 5) is 4.58. The third-order valence-electron chi connectivity index (χ3n) is 4.60. The Labute approximate surface area is 125 Å². The molecule has 2 fully saturated rings. The molecule has 0 unspecified atom stereocenters. The summed E-state index contributed by atoms with van der Waals surface area (Å²) in [5.74, 6) is 0.532. The maximum absolute atomic E-state index is 6.07. The van der Waals surface area contributed by atoms with Gasteiger partial charge in [0.25, 0.3) is 0 Å². The summed E-state index contributed by atoms with van der Waals surface area (Å²) in [6.45, 7) is 9.99. The second-order valence-corrected chi connectivity index (χ2v) is 7.67. The number of ether oxygens (including phenoxy) is 1. The van der Waals surface area contributed by atoms with Crippen molar-refractivity contribution < 1.29 is 14.0 Å². The standard InChI is InChI=1S/C14H22BNO3S/c1-13(2)14(3,4)19-15(18-13)11-9-16-12(20-11)10-5-7-17-8-6-10/h9-10H,5-8H2,1-4H3. The summed E-state index contributed by atoms with van der Waals surface area (Å²) in [7, 11) is -0.286. The number of hydrogen-bond donors (Lipinski definition) is 0. The highest BCUT2D eigenvalue weighted by atomic mass is 32.1. The average molecular weight is 295 g/mol. The lowest BCUT2D eigenvalue weighted by molar-refractivity contribution is 0.00578. The first-order valence-electron chi connectivity index (χ1n) is 7.28. The van der Waals surface area contributed by atoms with Gasteiger partial charge in [-0.05, 0) is 40.5 Å². The largest absolute Gasteiger partial charge is 0.507 e. The molecule has 4 nitrogen and oxygen atoms in total. The van der Waals surface area contributed by atoms with Gasteiger partial charge < -0.3 is 14.0 Å². The van der Waals surface area contributed by atoms with Crippen LogP contribution < -0.4 is 4.78 Å². The van der Waals surface area contributed by atoms with Crippen LogP contribution in [0.25, 0.3) is 0 Å². The predicted molar refractivity (Wildman–Crippen MR) is 80.6 cm³/mol. The molecule has 3 rings (SSSR count). The highest BCUT2D eigenvalue weighted by Gasteiger charge is 2.52. The maximum Gasteiger partial charge on any atom is 0.507 e. The Bertz CT molecular complexity index is 467. The van der Waals surface area contributed by atoms with Crippen LogP contribution in [0.3, 0.4) is 0 Å². The molecule has 0 aromatic carbocycles. The fourth-order valence-corrected chi connectivity index (χ4v) is 3.55. The minimum atomic E-state index is -0.291. The molecule has 2 aliphatic rings. The number of hydrogen-bond acceptors (Lipinski definition) is 5. The van der Waals surface area contributed by atoms with E-state index in [-0.39, 0.29) is 18.3 Å². The lowest BCUT2D eigenvalue weighted by Gasteiger charge is -2.32. The van der Waals surface area contributed by atoms with Gasteiger partial charge >= 0.3 is 7.12 Å². The van der Waals surface area contributed by atoms with Crippen LogP contribution in [0.15, 0.2) is 6.20 Å². The second kappa shape index (κ2) is 5.09. The van der Waals surface area contributed by atoms with E-state index < -0.39 is 0 Å². The van der Waals surface area contributed by atoms with Gasteiger partial charge in [-0.1, -0.05) is 0 Å². The molecule has 0 atom stereocenters. The topological polar surface area (TPSA) is 40.6 Å². The van der Waals surface area contributed by atoms with Gasteiger partial charge in [0.05, 0.1) is 21.0 Å². The molecule has 2 saturated heterocycles. The van der Waals surface area contributed by atoms with Crippen molar-refractivity contribution in [3.63, 3.8) is 0 Å². The van der Waals surface area contributed by atoms with Gasteiger partial charge in [0.1, 0.15) is 0 Å². The lowest BCUT2D eigenvalue weighted by Crippen LogP contribution is -2.41. The Kier molecular flexibility index (Phi) is 3.69. The molecule has 2 aliphatic heterocycles. The van der Waals surface area contributed by atoms with Crippen LogP contribution in [0.1, 0.15) is 51.5 Å². The minimum absolute atomic E-state index is 0.286. The van der Waals surface area contributed by atoms with Crippen LogP contribution in [0.4, 0.5) is 0 Å². The third-order valence-corrected chi connectivity index (χ3v) is 5.78. The summed E-state index contributed by atoms with van der Waals surface area (Å²) < 4.78 is 18.6. The zero-order valence-corrected chi connectivity index (χ0v) is 13.5. The smallest absolute Gasteiger partial charge is 0.399 e. The number of thiazole rings is 1. The van der Waals surface area contributed by atoms with E-state index in [1.807, 2.05) is 6.20 Å². The van der Waals surface area contributed by atoms with Gasteiger partial charge in [0.2, 0.25) is 0 Å². The number of nitrogens with zero attached hydrogens (tertiary/aromatic N) is 1. The molecule has 6 heteroatoms. The Morgan fingerprint density at radius 3 is 2.35 bits per heavy atom. The van der Waals surface area contributed by atoms with Gasteiger partial charge in [0, 0.05) is 25.3 Å². The molecule has 0 amide bonds. The quantitative estimate of drug-likeness (QED) is 0.785. The molecule has 1 aromatic heterocycles. The van der Waals surface area contributed by atoms with Crippen LogP contribution in [-0.4, -0.2) is 36.5 Å². The minimum Gasteiger partial charge on any atom is -0.399 e. The number of rotatable bonds is 2. The first-order valence-corrected chi connectivity index (χ1v) is 8.10. The molecule has 0 N–H and O–H groups in total. The van der Waals surface area contributed by atoms with Gasteiger partial charge in [-0.3, -0.25) is 0 Å². The van der Waals surface area contributed by atoms with Crippen molar-refractivity contribution in [2.45, 2.75) is 57.7 Å². The highest BCUT2D eigenvalue weighted by molar-refractivity contribution is 7.22. The summed E-state index contributed by atoms with van der Waals surface area (Å²) >= 11 is 1.72. The van der Waals surface area contributed by atoms with Crippen molar-refractivity contribution in [3.8, 4) is 0 Å². The summed E-state index contributed by atoms with van der Waals surface area (Å²) in [6, 6.07) is 0. The van der Waals surface area contributed by atoms with E-state index in [0.717, 1.165) is 30.8 Å². The Morgan fingerprint density at radius 1 is 1.15 bits per heavy atom. The SMILES string of the molecule is CC1(C)OB(c2cnc(C3CCOCC3)s2)OC1(C)C. The zero-order chi connectivity index (χ0) is 14.4. The van der Waals surface area contributed by atoms with E-state index in [0.29, 0.717) is 5.92 Å². The first-order chi connectivity index (χ1) is 9.39. The van der Waals surface area contributed by atoms with E-state index in [4.69, 9.17) is 14.0 Å². The van der Waals surface area contributed by atoms with E-state index in [2.05, 4.69) is 32.7 Å². The Morgan fingerprint density at radius 2 is 1.75 bits per heavy atom. The van der Waals surface area contributed by atoms with Crippen LogP contribution in [0.5, 0.6) is 0 Å². The Balaban J connectivity index is 1.74. The molecule has 0 aliphatic carbocycles. The van der Waals surface area contributed by atoms with E-state index in [1.165, 1.54) is 5.01 Å². The fourth-order valence-electron chi connectivity index (χ4n) is 2.50. The Hall–Kier alpha value is -0.425. The molecule has 0 radical (unpaired) electrons. The van der Waals surface area contributed by atoms with E-state index >= 15 is 0 Å². The third kappa shape index (κ3) is 2.54. The van der Waals surface area contributed by atoms with Crippen molar-refractivity contribution in [1.82, 2.24) is 4.98 Å². The highest BCUT2D eigenvalue weighted by Crippen LogP contribution is 2.37. The van der Waals surface area contributed by atoms with Crippen molar-refractivity contribution in [3.05, 3.63) is 11.2 Å². The van der Waals surface area contributed by atoms with Crippen LogP contribution in [0, 0.1) is 0 Å². The molecule has 3 heterocycles. The van der Waals surface area contributed by atoms with Crippen molar-refractivity contribution >= 4 is 23.2 Å². The van der Waals surface area contributed by atoms with E-state index in [1.54, 1.807) is 11.3 Å². The summed E-state index contributed by atoms with van der Waals surface area (Å²) in [6.07, 6.45) is 4.05. The van der Waals surface area contributed by atoms with Gasteiger partial charge in [-0.25, -0.2) is 4.98 Å². The molecular weight excluding hydrogens is 273 g/mol. The predicted octanol–water partition coefficient (Wildman–Crippen LogP) is 2.34. The van der Waals surface area contributed by atoms with Gasteiger partial charge in [-0.15, -0.1) is 11.3 Å². The van der Waals surface area contributed by atoms with Crippen molar-refractivity contribution in [1.29, 1.82) is 0 Å². The van der Waals surface area contributed by atoms with Crippen LogP contribution in [-0.2, 0) is 14.0 Å². The molecule has 1 aromatic rings. The maximum atomic E-state index is 6.07. The monoisotopic (exact) mass is 295 g/mol.